The van der Waals surface area contributed by atoms with Gasteiger partial charge in [-0.2, -0.15) is 4.40 Å². The Morgan fingerprint density at radius 3 is 2.44 bits per heavy atom. The van der Waals surface area contributed by atoms with Crippen LogP contribution in [0, 0.1) is 0 Å². The molecule has 0 bridgehead atoms. The van der Waals surface area contributed by atoms with Crippen LogP contribution in [-0.2, 0) is 0 Å². The van der Waals surface area contributed by atoms with Crippen LogP contribution in [0.3, 0.4) is 0 Å². The summed E-state index contributed by atoms with van der Waals surface area (Å²) < 4.78 is 12.8. The molecule has 0 saturated carbocycles. The van der Waals surface area contributed by atoms with Crippen LogP contribution in [0.5, 0.6) is 11.5 Å². The third kappa shape index (κ3) is 1.56. The number of fused-ring (bicyclic) bond motifs is 2. The molecule has 2 heterocycles. The predicted molar refractivity (Wildman–Crippen MR) is 70.2 cm³/mol. The van der Waals surface area contributed by atoms with Gasteiger partial charge in [-0.15, -0.1) is 0 Å². The summed E-state index contributed by atoms with van der Waals surface area (Å²) in [5, 5.41) is 2.38. The van der Waals surface area contributed by atoms with Crippen molar-refractivity contribution >= 4 is 16.3 Å². The Bertz CT molecular complexity index is 722. The van der Waals surface area contributed by atoms with E-state index >= 15 is 0 Å². The molecule has 0 radical (unpaired) electrons. The lowest BCUT2D eigenvalue weighted by Gasteiger charge is -2.06. The second-order valence-electron chi connectivity index (χ2n) is 4.11. The van der Waals surface area contributed by atoms with E-state index in [0.29, 0.717) is 0 Å². The van der Waals surface area contributed by atoms with Crippen molar-refractivity contribution in [2.45, 2.75) is 0 Å². The summed E-state index contributed by atoms with van der Waals surface area (Å²) in [4.78, 5) is 0. The Morgan fingerprint density at radius 1 is 0.944 bits per heavy atom. The number of ether oxygens (including phenoxy) is 2. The topological polar surface area (TPSA) is 22.6 Å². The van der Waals surface area contributed by atoms with Crippen LogP contribution in [0.4, 0.5) is 0 Å². The highest BCUT2D eigenvalue weighted by Crippen LogP contribution is 2.30. The molecule has 3 rings (SSSR count). The Balaban J connectivity index is 2.42. The van der Waals surface area contributed by atoms with Gasteiger partial charge in [-0.05, 0) is 11.5 Å². The zero-order valence-corrected chi connectivity index (χ0v) is 10.4. The number of benzene rings is 1. The number of hydrogen-bond donors (Lipinski definition) is 0. The minimum absolute atomic E-state index is 0.743. The number of aromatic nitrogens is 1. The summed E-state index contributed by atoms with van der Waals surface area (Å²) in [6.07, 6.45) is 4.07. The zero-order chi connectivity index (χ0) is 12.5. The lowest BCUT2D eigenvalue weighted by atomic mass is 10.1. The standard InChI is InChI=1S/C15H14NO2/c1-17-14-7-8-16-10-12-6-4-3-5-11(12)9-13(16)15(14)18-2/h3-10H,1-2H3/q+1. The fourth-order valence-electron chi connectivity index (χ4n) is 2.22. The molecule has 0 N–H and O–H groups in total. The maximum Gasteiger partial charge on any atom is 0.257 e. The molecule has 0 fully saturated rings. The van der Waals surface area contributed by atoms with Crippen molar-refractivity contribution < 1.29 is 13.9 Å². The van der Waals surface area contributed by atoms with E-state index in [4.69, 9.17) is 9.47 Å². The van der Waals surface area contributed by atoms with Crippen LogP contribution in [-0.4, -0.2) is 14.2 Å². The van der Waals surface area contributed by atoms with E-state index in [-0.39, 0.29) is 0 Å². The number of rotatable bonds is 2. The van der Waals surface area contributed by atoms with Gasteiger partial charge in [0.2, 0.25) is 5.75 Å². The van der Waals surface area contributed by atoms with E-state index in [2.05, 4.69) is 24.4 Å². The first kappa shape index (κ1) is 10.8. The van der Waals surface area contributed by atoms with E-state index in [1.54, 1.807) is 14.2 Å². The minimum Gasteiger partial charge on any atom is -0.492 e. The molecule has 0 aliphatic rings. The first-order chi connectivity index (χ1) is 8.83. The normalized spacial score (nSPS) is 10.8. The van der Waals surface area contributed by atoms with Crippen molar-refractivity contribution in [2.24, 2.45) is 0 Å². The third-order valence-corrected chi connectivity index (χ3v) is 3.11. The van der Waals surface area contributed by atoms with Crippen molar-refractivity contribution in [3.8, 4) is 11.5 Å². The molecule has 0 aliphatic carbocycles. The second kappa shape index (κ2) is 4.18. The fraction of sp³-hybridized carbons (Fsp3) is 0.133. The summed E-state index contributed by atoms with van der Waals surface area (Å²) in [6, 6.07) is 12.3. The van der Waals surface area contributed by atoms with Crippen LogP contribution in [0.25, 0.3) is 16.3 Å². The SMILES string of the molecule is COc1cc[n+]2cc3ccccc3cc2c1OC. The highest BCUT2D eigenvalue weighted by atomic mass is 16.5. The van der Waals surface area contributed by atoms with E-state index < -0.39 is 0 Å². The molecule has 18 heavy (non-hydrogen) atoms. The Morgan fingerprint density at radius 2 is 1.72 bits per heavy atom. The van der Waals surface area contributed by atoms with Crippen LogP contribution in [0.15, 0.2) is 48.8 Å². The second-order valence-corrected chi connectivity index (χ2v) is 4.11. The van der Waals surface area contributed by atoms with Crippen LogP contribution in [0.2, 0.25) is 0 Å². The lowest BCUT2D eigenvalue weighted by molar-refractivity contribution is -0.510. The van der Waals surface area contributed by atoms with Crippen molar-refractivity contribution in [3.05, 3.63) is 48.8 Å². The van der Waals surface area contributed by atoms with E-state index in [1.165, 1.54) is 10.8 Å². The Labute approximate surface area is 105 Å². The molecule has 0 atom stereocenters. The number of methoxy groups -OCH3 is 2. The molecule has 1 aromatic carbocycles. The van der Waals surface area contributed by atoms with Crippen molar-refractivity contribution in [2.75, 3.05) is 14.2 Å². The maximum atomic E-state index is 5.45. The van der Waals surface area contributed by atoms with E-state index in [1.807, 2.05) is 28.8 Å². The predicted octanol–water partition coefficient (Wildman–Crippen LogP) is 2.60. The molecular formula is C15H14NO2+. The Kier molecular flexibility index (Phi) is 2.52. The molecule has 0 aliphatic heterocycles. The fourth-order valence-corrected chi connectivity index (χ4v) is 2.22. The summed E-state index contributed by atoms with van der Waals surface area (Å²) in [6.45, 7) is 0. The monoisotopic (exact) mass is 240 g/mol. The van der Waals surface area contributed by atoms with Gasteiger partial charge in [0.15, 0.2) is 18.1 Å². The van der Waals surface area contributed by atoms with Crippen LogP contribution in [0.1, 0.15) is 0 Å². The first-order valence-corrected chi connectivity index (χ1v) is 5.78. The van der Waals surface area contributed by atoms with Gasteiger partial charge in [0.1, 0.15) is 0 Å². The highest BCUT2D eigenvalue weighted by molar-refractivity contribution is 5.85. The number of hydrogen-bond acceptors (Lipinski definition) is 2. The summed E-state index contributed by atoms with van der Waals surface area (Å²) in [5.41, 5.74) is 0.996. The molecule has 0 amide bonds. The molecule has 3 heteroatoms. The van der Waals surface area contributed by atoms with E-state index in [0.717, 1.165) is 17.0 Å². The van der Waals surface area contributed by atoms with Gasteiger partial charge < -0.3 is 9.47 Å². The lowest BCUT2D eigenvalue weighted by Crippen LogP contribution is -2.21. The number of nitrogens with zero attached hydrogens (tertiary/aromatic N) is 1. The van der Waals surface area contributed by atoms with Gasteiger partial charge in [0.25, 0.3) is 5.52 Å². The van der Waals surface area contributed by atoms with Gasteiger partial charge in [0.05, 0.1) is 14.2 Å². The summed E-state index contributed by atoms with van der Waals surface area (Å²) in [7, 11) is 3.31. The van der Waals surface area contributed by atoms with Crippen molar-refractivity contribution in [1.29, 1.82) is 0 Å². The smallest absolute Gasteiger partial charge is 0.257 e. The quantitative estimate of drug-likeness (QED) is 0.507. The average Bonchev–Trinajstić information content (AvgIpc) is 2.43. The van der Waals surface area contributed by atoms with Gasteiger partial charge >= 0.3 is 0 Å². The van der Waals surface area contributed by atoms with Gasteiger partial charge in [-0.3, -0.25) is 0 Å². The zero-order valence-electron chi connectivity index (χ0n) is 10.4. The molecule has 0 spiro atoms. The molecular weight excluding hydrogens is 226 g/mol. The van der Waals surface area contributed by atoms with Crippen molar-refractivity contribution in [3.63, 3.8) is 0 Å². The van der Waals surface area contributed by atoms with Crippen LogP contribution < -0.4 is 13.9 Å². The molecule has 90 valence electrons. The largest absolute Gasteiger partial charge is 0.492 e. The highest BCUT2D eigenvalue weighted by Gasteiger charge is 2.16. The maximum absolute atomic E-state index is 5.45. The van der Waals surface area contributed by atoms with Crippen molar-refractivity contribution in [1.82, 2.24) is 0 Å². The van der Waals surface area contributed by atoms with E-state index in [9.17, 15) is 0 Å². The van der Waals surface area contributed by atoms with Gasteiger partial charge in [-0.1, -0.05) is 18.2 Å². The molecule has 0 unspecified atom stereocenters. The average molecular weight is 240 g/mol. The molecule has 3 aromatic rings. The summed E-state index contributed by atoms with van der Waals surface area (Å²) in [5.74, 6) is 1.50. The van der Waals surface area contributed by atoms with Gasteiger partial charge in [0, 0.05) is 17.5 Å². The Hall–Kier alpha value is -2.29. The first-order valence-electron chi connectivity index (χ1n) is 5.78. The van der Waals surface area contributed by atoms with Crippen LogP contribution >= 0.6 is 0 Å². The minimum atomic E-state index is 0.743. The summed E-state index contributed by atoms with van der Waals surface area (Å²) >= 11 is 0. The third-order valence-electron chi connectivity index (χ3n) is 3.11. The molecule has 0 saturated heterocycles. The molecule has 3 nitrogen and oxygen atoms in total. The van der Waals surface area contributed by atoms with Gasteiger partial charge in [-0.25, -0.2) is 0 Å². The number of pyridine rings is 2. The molecule has 2 aromatic heterocycles.